The van der Waals surface area contributed by atoms with Gasteiger partial charge in [-0.15, -0.1) is 0 Å². The van der Waals surface area contributed by atoms with E-state index in [1.807, 2.05) is 12.1 Å². The lowest BCUT2D eigenvalue weighted by Crippen LogP contribution is -2.41. The van der Waals surface area contributed by atoms with Crippen molar-refractivity contribution in [3.05, 3.63) is 23.8 Å². The second kappa shape index (κ2) is 7.34. The summed E-state index contributed by atoms with van der Waals surface area (Å²) in [4.78, 5) is 2.44. The topological polar surface area (TPSA) is 33.7 Å². The summed E-state index contributed by atoms with van der Waals surface area (Å²) in [6.07, 6.45) is 0.977. The van der Waals surface area contributed by atoms with Gasteiger partial charge in [-0.1, -0.05) is 19.9 Å². The van der Waals surface area contributed by atoms with Crippen LogP contribution in [-0.4, -0.2) is 43.8 Å². The lowest BCUT2D eigenvalue weighted by molar-refractivity contribution is 0.0652. The minimum atomic E-state index is -0.160. The summed E-state index contributed by atoms with van der Waals surface area (Å²) in [7, 11) is 1.69. The Morgan fingerprint density at radius 2 is 2.05 bits per heavy atom. The maximum Gasteiger partial charge on any atom is 0.128 e. The smallest absolute Gasteiger partial charge is 0.128 e. The van der Waals surface area contributed by atoms with Crippen molar-refractivity contribution in [2.45, 2.75) is 45.8 Å². The molecule has 0 radical (unpaired) electrons. The predicted octanol–water partition coefficient (Wildman–Crippen LogP) is 3.23. The zero-order valence-corrected chi connectivity index (χ0v) is 14.6. The van der Waals surface area contributed by atoms with Gasteiger partial charge in [0, 0.05) is 37.2 Å². The third-order valence-corrected chi connectivity index (χ3v) is 4.39. The van der Waals surface area contributed by atoms with Crippen LogP contribution in [0.2, 0.25) is 0 Å². The summed E-state index contributed by atoms with van der Waals surface area (Å²) in [5.74, 6) is 1.79. The van der Waals surface area contributed by atoms with Crippen LogP contribution in [0.15, 0.2) is 18.2 Å². The van der Waals surface area contributed by atoms with Crippen molar-refractivity contribution in [1.29, 1.82) is 0 Å². The van der Waals surface area contributed by atoms with Crippen LogP contribution in [0, 0.1) is 0 Å². The van der Waals surface area contributed by atoms with E-state index in [4.69, 9.17) is 9.47 Å². The quantitative estimate of drug-likeness (QED) is 0.838. The predicted molar refractivity (Wildman–Crippen MR) is 90.8 cm³/mol. The molecule has 1 N–H and O–H groups in total. The molecule has 0 amide bonds. The Labute approximate surface area is 134 Å². The standard InChI is InChI=1S/C18H30N2O2/c1-6-20(7-2)11-10-19-16-13-18(3,4)22-17-12-14(21-5)8-9-15(16)17/h8-9,12,16,19H,6-7,10-11,13H2,1-5H3. The third-order valence-electron chi connectivity index (χ3n) is 4.39. The molecule has 1 aromatic carbocycles. The second-order valence-corrected chi connectivity index (χ2v) is 6.50. The van der Waals surface area contributed by atoms with Crippen LogP contribution in [0.3, 0.4) is 0 Å². The normalized spacial score (nSPS) is 19.6. The number of nitrogens with one attached hydrogen (secondary N) is 1. The molecule has 1 atom stereocenters. The molecular formula is C18H30N2O2. The number of hydrogen-bond acceptors (Lipinski definition) is 4. The summed E-state index contributed by atoms with van der Waals surface area (Å²) in [5, 5.41) is 3.71. The van der Waals surface area contributed by atoms with Crippen molar-refractivity contribution in [2.75, 3.05) is 33.3 Å². The van der Waals surface area contributed by atoms with Gasteiger partial charge in [0.15, 0.2) is 0 Å². The first-order valence-electron chi connectivity index (χ1n) is 8.31. The van der Waals surface area contributed by atoms with Gasteiger partial charge in [0.25, 0.3) is 0 Å². The lowest BCUT2D eigenvalue weighted by Gasteiger charge is -2.38. The van der Waals surface area contributed by atoms with Gasteiger partial charge in [-0.25, -0.2) is 0 Å². The van der Waals surface area contributed by atoms with Gasteiger partial charge < -0.3 is 19.7 Å². The first kappa shape index (κ1) is 17.1. The molecule has 0 bridgehead atoms. The summed E-state index contributed by atoms with van der Waals surface area (Å²) in [6.45, 7) is 13.0. The van der Waals surface area contributed by atoms with Crippen molar-refractivity contribution < 1.29 is 9.47 Å². The van der Waals surface area contributed by atoms with E-state index >= 15 is 0 Å². The molecule has 1 aromatic rings. The third kappa shape index (κ3) is 4.14. The van der Waals surface area contributed by atoms with Gasteiger partial charge in [-0.2, -0.15) is 0 Å². The highest BCUT2D eigenvalue weighted by molar-refractivity contribution is 5.44. The van der Waals surface area contributed by atoms with Crippen molar-refractivity contribution in [2.24, 2.45) is 0 Å². The van der Waals surface area contributed by atoms with Crippen molar-refractivity contribution >= 4 is 0 Å². The summed E-state index contributed by atoms with van der Waals surface area (Å²) in [6, 6.07) is 6.47. The molecule has 4 heteroatoms. The largest absolute Gasteiger partial charge is 0.497 e. The SMILES string of the molecule is CCN(CC)CCNC1CC(C)(C)Oc2cc(OC)ccc21. The minimum absolute atomic E-state index is 0.160. The maximum absolute atomic E-state index is 6.13. The lowest BCUT2D eigenvalue weighted by atomic mass is 9.89. The van der Waals surface area contributed by atoms with Gasteiger partial charge in [0.2, 0.25) is 0 Å². The van der Waals surface area contributed by atoms with E-state index in [1.165, 1.54) is 5.56 Å². The number of rotatable bonds is 7. The highest BCUT2D eigenvalue weighted by Crippen LogP contribution is 2.41. The molecular weight excluding hydrogens is 276 g/mol. The molecule has 1 heterocycles. The average molecular weight is 306 g/mol. The molecule has 1 aliphatic rings. The Morgan fingerprint density at radius 3 is 2.68 bits per heavy atom. The van der Waals surface area contributed by atoms with Gasteiger partial charge in [-0.05, 0) is 33.0 Å². The molecule has 1 unspecified atom stereocenters. The van der Waals surface area contributed by atoms with Crippen LogP contribution in [0.1, 0.15) is 45.7 Å². The number of benzene rings is 1. The van der Waals surface area contributed by atoms with Gasteiger partial charge in [0.1, 0.15) is 17.1 Å². The molecule has 4 nitrogen and oxygen atoms in total. The zero-order chi connectivity index (χ0) is 16.2. The van der Waals surface area contributed by atoms with E-state index in [0.717, 1.165) is 44.1 Å². The molecule has 0 aromatic heterocycles. The van der Waals surface area contributed by atoms with Crippen LogP contribution in [0.4, 0.5) is 0 Å². The van der Waals surface area contributed by atoms with Crippen LogP contribution >= 0.6 is 0 Å². The number of methoxy groups -OCH3 is 1. The van der Waals surface area contributed by atoms with E-state index in [2.05, 4.69) is 44.0 Å². The number of likely N-dealkylation sites (N-methyl/N-ethyl adjacent to an activating group) is 1. The first-order valence-corrected chi connectivity index (χ1v) is 8.31. The van der Waals surface area contributed by atoms with E-state index in [9.17, 15) is 0 Å². The Kier molecular flexibility index (Phi) is 5.70. The molecule has 0 aliphatic carbocycles. The molecule has 1 aliphatic heterocycles. The maximum atomic E-state index is 6.13. The number of nitrogens with zero attached hydrogens (tertiary/aromatic N) is 1. The molecule has 0 fully saturated rings. The fourth-order valence-electron chi connectivity index (χ4n) is 3.08. The summed E-state index contributed by atoms with van der Waals surface area (Å²) >= 11 is 0. The highest BCUT2D eigenvalue weighted by atomic mass is 16.5. The van der Waals surface area contributed by atoms with Crippen molar-refractivity contribution in [3.63, 3.8) is 0 Å². The Balaban J connectivity index is 2.08. The van der Waals surface area contributed by atoms with Crippen LogP contribution in [0.25, 0.3) is 0 Å². The monoisotopic (exact) mass is 306 g/mol. The molecule has 124 valence electrons. The second-order valence-electron chi connectivity index (χ2n) is 6.50. The average Bonchev–Trinajstić information content (AvgIpc) is 2.49. The van der Waals surface area contributed by atoms with E-state index < -0.39 is 0 Å². The Bertz CT molecular complexity index is 484. The highest BCUT2D eigenvalue weighted by Gasteiger charge is 2.33. The van der Waals surface area contributed by atoms with Crippen molar-refractivity contribution in [1.82, 2.24) is 10.2 Å². The number of fused-ring (bicyclic) bond motifs is 1. The summed E-state index contributed by atoms with van der Waals surface area (Å²) in [5.41, 5.74) is 1.08. The Morgan fingerprint density at radius 1 is 1.32 bits per heavy atom. The van der Waals surface area contributed by atoms with E-state index in [-0.39, 0.29) is 5.60 Å². The van der Waals surface area contributed by atoms with Crippen LogP contribution in [-0.2, 0) is 0 Å². The Hall–Kier alpha value is -1.26. The van der Waals surface area contributed by atoms with E-state index in [0.29, 0.717) is 6.04 Å². The molecule has 2 rings (SSSR count). The molecule has 0 saturated carbocycles. The fraction of sp³-hybridized carbons (Fsp3) is 0.667. The minimum Gasteiger partial charge on any atom is -0.497 e. The number of hydrogen-bond donors (Lipinski definition) is 1. The van der Waals surface area contributed by atoms with Gasteiger partial charge in [0.05, 0.1) is 7.11 Å². The molecule has 0 spiro atoms. The van der Waals surface area contributed by atoms with E-state index in [1.54, 1.807) is 7.11 Å². The van der Waals surface area contributed by atoms with Gasteiger partial charge >= 0.3 is 0 Å². The van der Waals surface area contributed by atoms with Crippen LogP contribution < -0.4 is 14.8 Å². The molecule has 22 heavy (non-hydrogen) atoms. The zero-order valence-electron chi connectivity index (χ0n) is 14.6. The first-order chi connectivity index (χ1) is 10.5. The van der Waals surface area contributed by atoms with Crippen molar-refractivity contribution in [3.8, 4) is 11.5 Å². The van der Waals surface area contributed by atoms with Crippen LogP contribution in [0.5, 0.6) is 11.5 Å². The summed E-state index contributed by atoms with van der Waals surface area (Å²) < 4.78 is 11.4. The molecule has 0 saturated heterocycles. The fourth-order valence-corrected chi connectivity index (χ4v) is 3.08. The van der Waals surface area contributed by atoms with Gasteiger partial charge in [-0.3, -0.25) is 0 Å². The number of ether oxygens (including phenoxy) is 2.